The predicted molar refractivity (Wildman–Crippen MR) is 173 cm³/mol. The van der Waals surface area contributed by atoms with Gasteiger partial charge in [0, 0.05) is 18.3 Å². The second kappa shape index (κ2) is 10.3. The Kier molecular flexibility index (Phi) is 6.32. The minimum absolute atomic E-state index is 0.187. The first-order chi connectivity index (χ1) is 21.6. The fourth-order valence-electron chi connectivity index (χ4n) is 8.32. The maximum atomic E-state index is 12.9. The Hall–Kier alpha value is -4.54. The standard InChI is InChI=1S/C41H34O3/c42-38-39(43,31-20-10-3-11-21-31)28-40(32-22-12-4-13-23-32)37-34(26-27-35(37)41(38,44-40)33-24-14-5-15-25-33)36(29-16-6-1-7-17-29)30-18-8-2-9-19-30/h1-27,35,37-38,42-43H,28H2/t35-,37+,38-,39+,40-,41+/m0/s1. The lowest BCUT2D eigenvalue weighted by molar-refractivity contribution is -0.289. The summed E-state index contributed by atoms with van der Waals surface area (Å²) in [6.07, 6.45) is 3.45. The Bertz CT molecular complexity index is 1790. The molecule has 0 saturated carbocycles. The van der Waals surface area contributed by atoms with Crippen LogP contribution < -0.4 is 0 Å². The average Bonchev–Trinajstić information content (AvgIpc) is 3.64. The second-order valence-electron chi connectivity index (χ2n) is 12.3. The molecule has 0 radical (unpaired) electrons. The van der Waals surface area contributed by atoms with Gasteiger partial charge in [-0.1, -0.05) is 164 Å². The molecule has 0 spiro atoms. The van der Waals surface area contributed by atoms with E-state index in [9.17, 15) is 10.2 Å². The molecular formula is C41H34O3. The van der Waals surface area contributed by atoms with Gasteiger partial charge in [-0.2, -0.15) is 0 Å². The highest BCUT2D eigenvalue weighted by Gasteiger charge is 2.75. The molecule has 3 heteroatoms. The van der Waals surface area contributed by atoms with Gasteiger partial charge < -0.3 is 14.9 Å². The molecule has 2 bridgehead atoms. The minimum Gasteiger partial charge on any atom is -0.386 e. The highest BCUT2D eigenvalue weighted by atomic mass is 16.6. The molecule has 216 valence electrons. The molecule has 8 rings (SSSR count). The van der Waals surface area contributed by atoms with Crippen LogP contribution in [0.1, 0.15) is 34.2 Å². The van der Waals surface area contributed by atoms with Crippen LogP contribution in [0.4, 0.5) is 0 Å². The van der Waals surface area contributed by atoms with E-state index in [1.54, 1.807) is 0 Å². The molecule has 2 fully saturated rings. The van der Waals surface area contributed by atoms with Crippen molar-refractivity contribution >= 4 is 5.57 Å². The maximum absolute atomic E-state index is 12.9. The van der Waals surface area contributed by atoms with Gasteiger partial charge in [0.2, 0.25) is 0 Å². The Labute approximate surface area is 258 Å². The Morgan fingerprint density at radius 2 is 1.05 bits per heavy atom. The highest BCUT2D eigenvalue weighted by molar-refractivity contribution is 5.85. The Morgan fingerprint density at radius 3 is 1.57 bits per heavy atom. The molecule has 2 N–H and O–H groups in total. The van der Waals surface area contributed by atoms with Crippen LogP contribution in [0, 0.1) is 11.8 Å². The van der Waals surface area contributed by atoms with E-state index >= 15 is 0 Å². The normalized spacial score (nSPS) is 30.2. The summed E-state index contributed by atoms with van der Waals surface area (Å²) in [5.74, 6) is -0.428. The first kappa shape index (κ1) is 27.0. The summed E-state index contributed by atoms with van der Waals surface area (Å²) in [6.45, 7) is 0. The number of rotatable bonds is 5. The van der Waals surface area contributed by atoms with E-state index in [0.717, 1.165) is 33.4 Å². The first-order valence-corrected chi connectivity index (χ1v) is 15.4. The van der Waals surface area contributed by atoms with Gasteiger partial charge >= 0.3 is 0 Å². The molecule has 0 amide bonds. The molecule has 3 nitrogen and oxygen atoms in total. The average molecular weight is 575 g/mol. The van der Waals surface area contributed by atoms with E-state index in [2.05, 4.69) is 72.8 Å². The van der Waals surface area contributed by atoms with Crippen LogP contribution in [0.5, 0.6) is 0 Å². The van der Waals surface area contributed by atoms with Crippen molar-refractivity contribution in [2.75, 3.05) is 0 Å². The van der Waals surface area contributed by atoms with Gasteiger partial charge in [-0.3, -0.25) is 0 Å². The van der Waals surface area contributed by atoms with Gasteiger partial charge in [0.05, 0.1) is 0 Å². The fourth-order valence-corrected chi connectivity index (χ4v) is 8.32. The number of hydrogen-bond acceptors (Lipinski definition) is 3. The summed E-state index contributed by atoms with van der Waals surface area (Å²) >= 11 is 0. The molecule has 3 aliphatic rings. The summed E-state index contributed by atoms with van der Waals surface area (Å²) in [5.41, 5.74) is 3.36. The van der Waals surface area contributed by atoms with Crippen LogP contribution in [0.2, 0.25) is 0 Å². The van der Waals surface area contributed by atoms with E-state index in [1.165, 1.54) is 0 Å². The highest BCUT2D eigenvalue weighted by Crippen LogP contribution is 2.71. The molecule has 6 atom stereocenters. The number of aliphatic hydroxyl groups excluding tert-OH is 1. The van der Waals surface area contributed by atoms with Crippen molar-refractivity contribution in [2.24, 2.45) is 11.8 Å². The molecule has 0 unspecified atom stereocenters. The van der Waals surface area contributed by atoms with Crippen molar-refractivity contribution in [1.82, 2.24) is 0 Å². The Morgan fingerprint density at radius 1 is 0.591 bits per heavy atom. The number of benzene rings is 5. The van der Waals surface area contributed by atoms with Crippen molar-refractivity contribution in [1.29, 1.82) is 0 Å². The topological polar surface area (TPSA) is 49.7 Å². The van der Waals surface area contributed by atoms with E-state index in [0.29, 0.717) is 5.56 Å². The lowest BCUT2D eigenvalue weighted by Crippen LogP contribution is -2.61. The fraction of sp³-hybridized carbons (Fsp3) is 0.171. The number of ether oxygens (including phenoxy) is 1. The summed E-state index contributed by atoms with van der Waals surface area (Å²) in [6, 6.07) is 51.0. The van der Waals surface area contributed by atoms with Crippen molar-refractivity contribution in [3.05, 3.63) is 197 Å². The van der Waals surface area contributed by atoms with Crippen molar-refractivity contribution in [2.45, 2.75) is 29.3 Å². The van der Waals surface area contributed by atoms with Crippen LogP contribution in [-0.4, -0.2) is 16.3 Å². The zero-order chi connectivity index (χ0) is 29.8. The van der Waals surface area contributed by atoms with E-state index < -0.39 is 22.9 Å². The van der Waals surface area contributed by atoms with Crippen LogP contribution in [0.25, 0.3) is 5.57 Å². The smallest absolute Gasteiger partial charge is 0.130 e. The third-order valence-electron chi connectivity index (χ3n) is 10.1. The molecule has 0 aromatic heterocycles. The largest absolute Gasteiger partial charge is 0.386 e. The molecule has 44 heavy (non-hydrogen) atoms. The SMILES string of the molecule is O[C@@H]1[C@]2(c3ccccc3)O[C@](c3ccccc3)(C[C@@]1(O)c1ccccc1)[C@@H]1C(=C(c3ccccc3)c3ccccc3)C=C[C@@H]12. The van der Waals surface area contributed by atoms with Crippen LogP contribution in [0.3, 0.4) is 0 Å². The van der Waals surface area contributed by atoms with Crippen LogP contribution >= 0.6 is 0 Å². The molecule has 2 heterocycles. The monoisotopic (exact) mass is 574 g/mol. The number of allylic oxidation sites excluding steroid dienone is 1. The molecule has 2 aliphatic heterocycles. The zero-order valence-electron chi connectivity index (χ0n) is 24.3. The summed E-state index contributed by atoms with van der Waals surface area (Å²) in [4.78, 5) is 0. The van der Waals surface area contributed by atoms with E-state index in [4.69, 9.17) is 4.74 Å². The predicted octanol–water partition coefficient (Wildman–Crippen LogP) is 7.76. The van der Waals surface area contributed by atoms with E-state index in [-0.39, 0.29) is 18.3 Å². The van der Waals surface area contributed by atoms with Crippen molar-refractivity contribution in [3.63, 3.8) is 0 Å². The molecule has 5 aromatic carbocycles. The zero-order valence-corrected chi connectivity index (χ0v) is 24.3. The lowest BCUT2D eigenvalue weighted by atomic mass is 9.68. The summed E-state index contributed by atoms with van der Waals surface area (Å²) in [7, 11) is 0. The molecule has 5 aromatic rings. The lowest BCUT2D eigenvalue weighted by Gasteiger charge is -2.53. The van der Waals surface area contributed by atoms with Crippen LogP contribution in [0.15, 0.2) is 169 Å². The number of aliphatic hydroxyl groups is 2. The third kappa shape index (κ3) is 3.80. The van der Waals surface area contributed by atoms with Gasteiger partial charge in [-0.15, -0.1) is 0 Å². The molecular weight excluding hydrogens is 540 g/mol. The van der Waals surface area contributed by atoms with Gasteiger partial charge in [0.1, 0.15) is 22.9 Å². The van der Waals surface area contributed by atoms with Gasteiger partial charge in [-0.25, -0.2) is 0 Å². The first-order valence-electron chi connectivity index (χ1n) is 15.4. The van der Waals surface area contributed by atoms with Gasteiger partial charge in [0.15, 0.2) is 0 Å². The quantitative estimate of drug-likeness (QED) is 0.226. The maximum Gasteiger partial charge on any atom is 0.130 e. The van der Waals surface area contributed by atoms with Crippen molar-refractivity contribution < 1.29 is 14.9 Å². The summed E-state index contributed by atoms with van der Waals surface area (Å²) < 4.78 is 7.50. The summed E-state index contributed by atoms with van der Waals surface area (Å²) in [5, 5.41) is 25.5. The number of fused-ring (bicyclic) bond motifs is 5. The van der Waals surface area contributed by atoms with Gasteiger partial charge in [-0.05, 0) is 39.0 Å². The van der Waals surface area contributed by atoms with E-state index in [1.807, 2.05) is 91.0 Å². The minimum atomic E-state index is -1.58. The second-order valence-corrected chi connectivity index (χ2v) is 12.3. The Balaban J connectivity index is 1.47. The number of hydrogen-bond donors (Lipinski definition) is 2. The van der Waals surface area contributed by atoms with Gasteiger partial charge in [0.25, 0.3) is 0 Å². The van der Waals surface area contributed by atoms with Crippen molar-refractivity contribution in [3.8, 4) is 0 Å². The molecule has 1 aliphatic carbocycles. The van der Waals surface area contributed by atoms with Crippen LogP contribution in [-0.2, 0) is 21.5 Å². The third-order valence-corrected chi connectivity index (χ3v) is 10.1. The molecule has 2 saturated heterocycles.